The average Bonchev–Trinajstić information content (AvgIpc) is 3.19. The summed E-state index contributed by atoms with van der Waals surface area (Å²) in [6, 6.07) is 5.06. The van der Waals surface area contributed by atoms with E-state index >= 15 is 0 Å². The molecule has 0 aliphatic carbocycles. The van der Waals surface area contributed by atoms with Crippen LogP contribution in [0.4, 0.5) is 0 Å². The third kappa shape index (κ3) is 6.35. The van der Waals surface area contributed by atoms with Crippen LogP contribution in [0, 0.1) is 6.92 Å². The first kappa shape index (κ1) is 27.0. The van der Waals surface area contributed by atoms with Gasteiger partial charge in [-0.05, 0) is 45.4 Å². The molecule has 12 heteroatoms. The SMILES string of the molecule is COCc1nnc(CS(=O)(=O)[C@@H](C)[C@@H](OC(C)C)c2ncc(C)cn2)n1-c1cc(OC)ccc1Cl. The average molecular weight is 524 g/mol. The van der Waals surface area contributed by atoms with Crippen molar-refractivity contribution in [3.63, 3.8) is 0 Å². The van der Waals surface area contributed by atoms with Crippen LogP contribution in [0.1, 0.15) is 49.9 Å². The molecule has 0 N–H and O–H groups in total. The van der Waals surface area contributed by atoms with Gasteiger partial charge in [-0.3, -0.25) is 4.57 Å². The molecule has 190 valence electrons. The molecule has 0 saturated carbocycles. The number of benzene rings is 1. The predicted molar refractivity (Wildman–Crippen MR) is 131 cm³/mol. The molecule has 3 aromatic rings. The molecular weight excluding hydrogens is 494 g/mol. The molecule has 3 rings (SSSR count). The van der Waals surface area contributed by atoms with Crippen LogP contribution in [-0.2, 0) is 31.7 Å². The molecule has 0 saturated heterocycles. The number of methoxy groups -OCH3 is 2. The van der Waals surface area contributed by atoms with E-state index in [0.717, 1.165) is 5.56 Å². The van der Waals surface area contributed by atoms with Crippen molar-refractivity contribution in [3.05, 3.63) is 58.7 Å². The van der Waals surface area contributed by atoms with Gasteiger partial charge < -0.3 is 14.2 Å². The van der Waals surface area contributed by atoms with Crippen molar-refractivity contribution in [2.75, 3.05) is 14.2 Å². The maximum absolute atomic E-state index is 13.6. The summed E-state index contributed by atoms with van der Waals surface area (Å²) in [7, 11) is -0.775. The van der Waals surface area contributed by atoms with Crippen molar-refractivity contribution >= 4 is 21.4 Å². The Morgan fingerprint density at radius 1 is 1.06 bits per heavy atom. The van der Waals surface area contributed by atoms with Crippen LogP contribution in [0.5, 0.6) is 5.75 Å². The largest absolute Gasteiger partial charge is 0.497 e. The Balaban J connectivity index is 2.03. The molecule has 10 nitrogen and oxygen atoms in total. The summed E-state index contributed by atoms with van der Waals surface area (Å²) in [5, 5.41) is 7.72. The van der Waals surface area contributed by atoms with E-state index in [1.54, 1.807) is 42.1 Å². The van der Waals surface area contributed by atoms with Crippen molar-refractivity contribution in [1.29, 1.82) is 0 Å². The quantitative estimate of drug-likeness (QED) is 0.371. The summed E-state index contributed by atoms with van der Waals surface area (Å²) in [6.45, 7) is 7.21. The molecule has 0 aliphatic rings. The third-order valence-corrected chi connectivity index (χ3v) is 7.62. The third-order valence-electron chi connectivity index (χ3n) is 5.26. The highest BCUT2D eigenvalue weighted by Gasteiger charge is 2.36. The number of hydrogen-bond donors (Lipinski definition) is 0. The zero-order valence-corrected chi connectivity index (χ0v) is 22.2. The van der Waals surface area contributed by atoms with E-state index in [0.29, 0.717) is 28.1 Å². The van der Waals surface area contributed by atoms with E-state index in [9.17, 15) is 8.42 Å². The number of aryl methyl sites for hydroxylation is 1. The molecule has 0 fully saturated rings. The van der Waals surface area contributed by atoms with Crippen molar-refractivity contribution in [3.8, 4) is 11.4 Å². The maximum Gasteiger partial charge on any atom is 0.163 e. The normalized spacial score (nSPS) is 13.7. The van der Waals surface area contributed by atoms with Gasteiger partial charge in [0.05, 0.1) is 29.2 Å². The molecule has 0 amide bonds. The standard InChI is InChI=1S/C23H30ClN5O5S/c1-14(2)34-22(23-25-10-15(3)11-26-23)16(4)35(30,31)13-21-28-27-20(12-32-5)29(21)19-9-17(33-6)7-8-18(19)24/h7-11,14,16,22H,12-13H2,1-6H3/t16-,22+/m0/s1. The Kier molecular flexibility index (Phi) is 8.81. The van der Waals surface area contributed by atoms with Crippen molar-refractivity contribution < 1.29 is 22.6 Å². The minimum absolute atomic E-state index is 0.104. The monoisotopic (exact) mass is 523 g/mol. The summed E-state index contributed by atoms with van der Waals surface area (Å²) in [6.07, 6.45) is 2.17. The molecule has 2 atom stereocenters. The number of aromatic nitrogens is 5. The predicted octanol–water partition coefficient (Wildman–Crippen LogP) is 3.64. The molecule has 0 bridgehead atoms. The van der Waals surface area contributed by atoms with Crippen LogP contribution in [0.15, 0.2) is 30.6 Å². The lowest BCUT2D eigenvalue weighted by molar-refractivity contribution is 0.00141. The van der Waals surface area contributed by atoms with E-state index in [-0.39, 0.29) is 18.5 Å². The van der Waals surface area contributed by atoms with E-state index in [2.05, 4.69) is 20.2 Å². The van der Waals surface area contributed by atoms with E-state index in [1.807, 2.05) is 20.8 Å². The lowest BCUT2D eigenvalue weighted by Crippen LogP contribution is -2.32. The summed E-state index contributed by atoms with van der Waals surface area (Å²) >= 11 is 6.46. The summed E-state index contributed by atoms with van der Waals surface area (Å²) in [5.41, 5.74) is 1.35. The zero-order valence-electron chi connectivity index (χ0n) is 20.6. The topological polar surface area (TPSA) is 118 Å². The molecule has 35 heavy (non-hydrogen) atoms. The smallest absolute Gasteiger partial charge is 0.163 e. The summed E-state index contributed by atoms with van der Waals surface area (Å²) in [4.78, 5) is 8.63. The highest BCUT2D eigenvalue weighted by molar-refractivity contribution is 7.91. The first-order chi connectivity index (χ1) is 16.6. The minimum Gasteiger partial charge on any atom is -0.497 e. The molecule has 0 unspecified atom stereocenters. The Bertz CT molecular complexity index is 1250. The van der Waals surface area contributed by atoms with Gasteiger partial charge in [0, 0.05) is 25.6 Å². The maximum atomic E-state index is 13.6. The minimum atomic E-state index is -3.82. The van der Waals surface area contributed by atoms with Gasteiger partial charge in [0.25, 0.3) is 0 Å². The second kappa shape index (κ2) is 11.4. The zero-order chi connectivity index (χ0) is 25.8. The van der Waals surface area contributed by atoms with Gasteiger partial charge in [-0.15, -0.1) is 10.2 Å². The van der Waals surface area contributed by atoms with E-state index in [1.165, 1.54) is 14.2 Å². The number of rotatable bonds is 11. The molecule has 2 aromatic heterocycles. The van der Waals surface area contributed by atoms with Gasteiger partial charge >= 0.3 is 0 Å². The second-order valence-corrected chi connectivity index (χ2v) is 11.1. The highest BCUT2D eigenvalue weighted by Crippen LogP contribution is 2.30. The highest BCUT2D eigenvalue weighted by atomic mass is 35.5. The molecule has 0 spiro atoms. The van der Waals surface area contributed by atoms with E-state index < -0.39 is 26.9 Å². The number of ether oxygens (including phenoxy) is 3. The summed E-state index contributed by atoms with van der Waals surface area (Å²) in [5.74, 6) is 1.02. The lowest BCUT2D eigenvalue weighted by atomic mass is 10.2. The fourth-order valence-corrected chi connectivity index (χ4v) is 5.04. The van der Waals surface area contributed by atoms with Gasteiger partial charge in [-0.25, -0.2) is 18.4 Å². The van der Waals surface area contributed by atoms with Crippen molar-refractivity contribution in [2.24, 2.45) is 0 Å². The fourth-order valence-electron chi connectivity index (χ4n) is 3.46. The Morgan fingerprint density at radius 3 is 2.31 bits per heavy atom. The van der Waals surface area contributed by atoms with Crippen molar-refractivity contribution in [2.45, 2.75) is 57.5 Å². The van der Waals surface area contributed by atoms with Crippen LogP contribution in [0.3, 0.4) is 0 Å². The fraction of sp³-hybridized carbons (Fsp3) is 0.478. The molecule has 2 heterocycles. The number of nitrogens with zero attached hydrogens (tertiary/aromatic N) is 5. The number of halogens is 1. The van der Waals surface area contributed by atoms with E-state index in [4.69, 9.17) is 25.8 Å². The molecular formula is C23H30ClN5O5S. The van der Waals surface area contributed by atoms with Crippen LogP contribution < -0.4 is 4.74 Å². The Labute approximate surface area is 210 Å². The van der Waals surface area contributed by atoms with Gasteiger partial charge in [0.1, 0.15) is 24.2 Å². The first-order valence-corrected chi connectivity index (χ1v) is 13.1. The van der Waals surface area contributed by atoms with Crippen LogP contribution in [0.2, 0.25) is 5.02 Å². The summed E-state index contributed by atoms with van der Waals surface area (Å²) < 4.78 is 45.3. The van der Waals surface area contributed by atoms with Crippen LogP contribution >= 0.6 is 11.6 Å². The van der Waals surface area contributed by atoms with Crippen LogP contribution in [-0.4, -0.2) is 58.7 Å². The number of sulfone groups is 1. The van der Waals surface area contributed by atoms with Crippen molar-refractivity contribution in [1.82, 2.24) is 24.7 Å². The Hall–Kier alpha value is -2.60. The second-order valence-electron chi connectivity index (χ2n) is 8.35. The van der Waals surface area contributed by atoms with Crippen LogP contribution in [0.25, 0.3) is 5.69 Å². The number of hydrogen-bond acceptors (Lipinski definition) is 9. The molecule has 1 aromatic carbocycles. The van der Waals surface area contributed by atoms with Gasteiger partial charge in [-0.2, -0.15) is 0 Å². The Morgan fingerprint density at radius 2 is 1.71 bits per heavy atom. The van der Waals surface area contributed by atoms with Gasteiger partial charge in [-0.1, -0.05) is 11.6 Å². The lowest BCUT2D eigenvalue weighted by Gasteiger charge is -2.25. The van der Waals surface area contributed by atoms with Gasteiger partial charge in [0.15, 0.2) is 27.3 Å². The van der Waals surface area contributed by atoms with Gasteiger partial charge in [0.2, 0.25) is 0 Å². The molecule has 0 aliphatic heterocycles. The molecule has 0 radical (unpaired) electrons. The first-order valence-electron chi connectivity index (χ1n) is 11.0.